The van der Waals surface area contributed by atoms with Crippen LogP contribution < -0.4 is 5.73 Å². The van der Waals surface area contributed by atoms with Crippen molar-refractivity contribution in [2.24, 2.45) is 5.73 Å². The van der Waals surface area contributed by atoms with Gasteiger partial charge in [0.2, 0.25) is 0 Å². The van der Waals surface area contributed by atoms with Gasteiger partial charge in [0, 0.05) is 28.7 Å². The fraction of sp³-hybridized carbons (Fsp3) is 0.600. The van der Waals surface area contributed by atoms with Crippen molar-refractivity contribution >= 4 is 15.9 Å². The maximum atomic E-state index is 14.1. The fourth-order valence-electron chi connectivity index (χ4n) is 3.25. The van der Waals surface area contributed by atoms with Gasteiger partial charge in [-0.05, 0) is 44.4 Å². The molecule has 106 valence electrons. The van der Waals surface area contributed by atoms with Gasteiger partial charge in [0.05, 0.1) is 6.04 Å². The van der Waals surface area contributed by atoms with Gasteiger partial charge in [0.15, 0.2) is 0 Å². The highest BCUT2D eigenvalue weighted by molar-refractivity contribution is 9.10. The number of halogens is 2. The van der Waals surface area contributed by atoms with Gasteiger partial charge < -0.3 is 5.73 Å². The largest absolute Gasteiger partial charge is 0.329 e. The molecule has 0 saturated carbocycles. The molecule has 0 bridgehead atoms. The quantitative estimate of drug-likeness (QED) is 0.909. The Morgan fingerprint density at radius 3 is 2.84 bits per heavy atom. The first kappa shape index (κ1) is 14.9. The molecule has 0 radical (unpaired) electrons. The van der Waals surface area contributed by atoms with Crippen molar-refractivity contribution < 1.29 is 4.39 Å². The van der Waals surface area contributed by atoms with E-state index in [1.165, 1.54) is 18.9 Å². The minimum Gasteiger partial charge on any atom is -0.329 e. The van der Waals surface area contributed by atoms with Crippen molar-refractivity contribution in [1.29, 1.82) is 0 Å². The summed E-state index contributed by atoms with van der Waals surface area (Å²) in [6.45, 7) is 4.86. The third-order valence-electron chi connectivity index (χ3n) is 4.22. The van der Waals surface area contributed by atoms with Gasteiger partial charge in [0.1, 0.15) is 5.82 Å². The number of likely N-dealkylation sites (tertiary alicyclic amines) is 1. The van der Waals surface area contributed by atoms with Crippen LogP contribution in [-0.2, 0) is 0 Å². The highest BCUT2D eigenvalue weighted by Gasteiger charge is 2.35. The van der Waals surface area contributed by atoms with Crippen molar-refractivity contribution in [2.45, 2.75) is 51.2 Å². The third-order valence-corrected chi connectivity index (χ3v) is 4.71. The molecule has 1 heterocycles. The van der Waals surface area contributed by atoms with E-state index in [-0.39, 0.29) is 11.9 Å². The molecule has 1 aliphatic heterocycles. The fourth-order valence-corrected chi connectivity index (χ4v) is 3.63. The lowest BCUT2D eigenvalue weighted by Gasteiger charge is -2.36. The first-order valence-corrected chi connectivity index (χ1v) is 7.80. The molecular weight excluding hydrogens is 307 g/mol. The van der Waals surface area contributed by atoms with Gasteiger partial charge in [-0.3, -0.25) is 4.90 Å². The highest BCUT2D eigenvalue weighted by atomic mass is 79.9. The number of hydrogen-bond donors (Lipinski definition) is 1. The average molecular weight is 329 g/mol. The zero-order valence-electron chi connectivity index (χ0n) is 11.6. The minimum atomic E-state index is -0.160. The summed E-state index contributed by atoms with van der Waals surface area (Å²) in [7, 11) is 0. The molecule has 2 N–H and O–H groups in total. The zero-order valence-corrected chi connectivity index (χ0v) is 13.2. The van der Waals surface area contributed by atoms with Crippen LogP contribution in [0.4, 0.5) is 4.39 Å². The van der Waals surface area contributed by atoms with Crippen LogP contribution in [0.15, 0.2) is 22.7 Å². The van der Waals surface area contributed by atoms with Crippen LogP contribution in [0.1, 0.15) is 44.7 Å². The summed E-state index contributed by atoms with van der Waals surface area (Å²) in [5.74, 6) is -0.160. The van der Waals surface area contributed by atoms with E-state index in [2.05, 4.69) is 34.7 Å². The van der Waals surface area contributed by atoms with E-state index in [1.54, 1.807) is 6.07 Å². The lowest BCUT2D eigenvalue weighted by molar-refractivity contribution is 0.134. The molecule has 1 fully saturated rings. The number of nitrogens with zero attached hydrogens (tertiary/aromatic N) is 1. The van der Waals surface area contributed by atoms with E-state index in [0.29, 0.717) is 24.2 Å². The summed E-state index contributed by atoms with van der Waals surface area (Å²) in [6.07, 6.45) is 3.45. The summed E-state index contributed by atoms with van der Waals surface area (Å²) in [5.41, 5.74) is 6.67. The lowest BCUT2D eigenvalue weighted by atomic mass is 10.0. The Balaban J connectivity index is 2.35. The van der Waals surface area contributed by atoms with Crippen molar-refractivity contribution in [3.05, 3.63) is 34.1 Å². The Morgan fingerprint density at radius 2 is 2.21 bits per heavy atom. The Hall–Kier alpha value is -0.450. The molecule has 19 heavy (non-hydrogen) atoms. The Morgan fingerprint density at radius 1 is 1.47 bits per heavy atom. The van der Waals surface area contributed by atoms with Gasteiger partial charge in [-0.1, -0.05) is 22.9 Å². The molecule has 0 aliphatic carbocycles. The van der Waals surface area contributed by atoms with Crippen molar-refractivity contribution in [3.63, 3.8) is 0 Å². The topological polar surface area (TPSA) is 29.3 Å². The smallest absolute Gasteiger partial charge is 0.128 e. The van der Waals surface area contributed by atoms with Crippen LogP contribution in [-0.4, -0.2) is 23.5 Å². The summed E-state index contributed by atoms with van der Waals surface area (Å²) in [4.78, 5) is 2.41. The molecule has 2 rings (SSSR count). The van der Waals surface area contributed by atoms with Crippen LogP contribution in [0, 0.1) is 5.82 Å². The zero-order chi connectivity index (χ0) is 14.0. The average Bonchev–Trinajstić information content (AvgIpc) is 2.76. The molecule has 4 heteroatoms. The van der Waals surface area contributed by atoms with E-state index in [1.807, 2.05) is 6.07 Å². The maximum Gasteiger partial charge on any atom is 0.128 e. The van der Waals surface area contributed by atoms with Crippen molar-refractivity contribution in [2.75, 3.05) is 6.54 Å². The van der Waals surface area contributed by atoms with Gasteiger partial charge in [0.25, 0.3) is 0 Å². The molecule has 0 spiro atoms. The van der Waals surface area contributed by atoms with Crippen LogP contribution >= 0.6 is 15.9 Å². The second kappa shape index (κ2) is 6.33. The third kappa shape index (κ3) is 3.01. The Labute approximate surface area is 123 Å². The summed E-state index contributed by atoms with van der Waals surface area (Å²) < 4.78 is 15.0. The summed E-state index contributed by atoms with van der Waals surface area (Å²) >= 11 is 3.42. The monoisotopic (exact) mass is 328 g/mol. The molecule has 0 amide bonds. The molecule has 1 aromatic rings. The molecule has 1 aromatic carbocycles. The second-order valence-corrected chi connectivity index (χ2v) is 6.27. The Bertz CT molecular complexity index is 438. The molecule has 1 saturated heterocycles. The van der Waals surface area contributed by atoms with E-state index < -0.39 is 0 Å². The minimum absolute atomic E-state index is 0.0278. The highest BCUT2D eigenvalue weighted by Crippen LogP contribution is 2.36. The van der Waals surface area contributed by atoms with Gasteiger partial charge in [-0.2, -0.15) is 0 Å². The van der Waals surface area contributed by atoms with Gasteiger partial charge >= 0.3 is 0 Å². The standard InChI is InChI=1S/C15H22BrFN2/c1-3-12-6-4-10(2)19(12)15(9-18)13-8-11(16)5-7-14(13)17/h5,7-8,10,12,15H,3-4,6,9,18H2,1-2H3. The lowest BCUT2D eigenvalue weighted by Crippen LogP contribution is -2.41. The van der Waals surface area contributed by atoms with Crippen LogP contribution in [0.5, 0.6) is 0 Å². The maximum absolute atomic E-state index is 14.1. The van der Waals surface area contributed by atoms with Crippen LogP contribution in [0.25, 0.3) is 0 Å². The molecular formula is C15H22BrFN2. The second-order valence-electron chi connectivity index (χ2n) is 5.35. The Kier molecular flexibility index (Phi) is 4.98. The molecule has 2 nitrogen and oxygen atoms in total. The number of benzene rings is 1. The first-order chi connectivity index (χ1) is 9.08. The molecule has 3 unspecified atom stereocenters. The van der Waals surface area contributed by atoms with E-state index in [0.717, 1.165) is 10.9 Å². The molecule has 0 aromatic heterocycles. The summed E-state index contributed by atoms with van der Waals surface area (Å²) in [5, 5.41) is 0. The van der Waals surface area contributed by atoms with E-state index in [4.69, 9.17) is 5.73 Å². The normalized spacial score (nSPS) is 25.7. The molecule has 1 aliphatic rings. The SMILES string of the molecule is CCC1CCC(C)N1C(CN)c1cc(Br)ccc1F. The predicted octanol–water partition coefficient (Wildman–Crippen LogP) is 3.85. The van der Waals surface area contributed by atoms with Crippen molar-refractivity contribution in [3.8, 4) is 0 Å². The number of hydrogen-bond acceptors (Lipinski definition) is 2. The van der Waals surface area contributed by atoms with E-state index >= 15 is 0 Å². The van der Waals surface area contributed by atoms with Crippen LogP contribution in [0.3, 0.4) is 0 Å². The van der Waals surface area contributed by atoms with E-state index in [9.17, 15) is 4.39 Å². The molecule has 3 atom stereocenters. The first-order valence-electron chi connectivity index (χ1n) is 7.00. The van der Waals surface area contributed by atoms with Crippen LogP contribution in [0.2, 0.25) is 0 Å². The van der Waals surface area contributed by atoms with Crippen molar-refractivity contribution in [1.82, 2.24) is 4.90 Å². The van der Waals surface area contributed by atoms with Gasteiger partial charge in [-0.25, -0.2) is 4.39 Å². The number of rotatable bonds is 4. The summed E-state index contributed by atoms with van der Waals surface area (Å²) in [6, 6.07) is 6.07. The van der Waals surface area contributed by atoms with Gasteiger partial charge in [-0.15, -0.1) is 0 Å². The number of nitrogens with two attached hydrogens (primary N) is 1. The predicted molar refractivity (Wildman–Crippen MR) is 80.5 cm³/mol.